The van der Waals surface area contributed by atoms with E-state index in [-0.39, 0.29) is 6.10 Å². The van der Waals surface area contributed by atoms with E-state index < -0.39 is 0 Å². The second-order valence-electron chi connectivity index (χ2n) is 5.19. The van der Waals surface area contributed by atoms with Crippen LogP contribution in [-0.2, 0) is 6.42 Å². The predicted molar refractivity (Wildman–Crippen MR) is 79.7 cm³/mol. The first-order chi connectivity index (χ1) is 9.11. The molecule has 0 saturated carbocycles. The monoisotopic (exact) mass is 265 g/mol. The summed E-state index contributed by atoms with van der Waals surface area (Å²) in [5, 5.41) is 12.6. The highest BCUT2D eigenvalue weighted by Gasteiger charge is 2.03. The maximum absolute atomic E-state index is 9.16. The van der Waals surface area contributed by atoms with Crippen LogP contribution >= 0.6 is 0 Å². The normalized spacial score (nSPS) is 14.1. The van der Waals surface area contributed by atoms with E-state index in [0.717, 1.165) is 18.7 Å². The number of aliphatic hydroxyl groups is 1. The second kappa shape index (κ2) is 8.94. The first-order valence-corrected chi connectivity index (χ1v) is 7.25. The summed E-state index contributed by atoms with van der Waals surface area (Å²) in [5.41, 5.74) is 1.32. The van der Waals surface area contributed by atoms with Gasteiger partial charge in [0.25, 0.3) is 0 Å². The molecule has 0 bridgehead atoms. The van der Waals surface area contributed by atoms with Gasteiger partial charge in [-0.05, 0) is 50.9 Å². The summed E-state index contributed by atoms with van der Waals surface area (Å²) < 4.78 is 5.57. The highest BCUT2D eigenvalue weighted by atomic mass is 16.5. The van der Waals surface area contributed by atoms with Crippen molar-refractivity contribution in [2.24, 2.45) is 0 Å². The van der Waals surface area contributed by atoms with Crippen LogP contribution in [0.3, 0.4) is 0 Å². The van der Waals surface area contributed by atoms with Crippen LogP contribution in [0.15, 0.2) is 24.3 Å². The Balaban J connectivity index is 2.34. The summed E-state index contributed by atoms with van der Waals surface area (Å²) in [4.78, 5) is 0. The van der Waals surface area contributed by atoms with Crippen LogP contribution < -0.4 is 10.1 Å². The van der Waals surface area contributed by atoms with E-state index in [1.165, 1.54) is 12.0 Å². The quantitative estimate of drug-likeness (QED) is 0.721. The molecule has 2 N–H and O–H groups in total. The Bertz CT molecular complexity index is 335. The first kappa shape index (κ1) is 16.0. The molecule has 0 amide bonds. The molecular formula is C16H27NO2. The topological polar surface area (TPSA) is 41.5 Å². The third kappa shape index (κ3) is 7.19. The largest absolute Gasteiger partial charge is 0.493 e. The van der Waals surface area contributed by atoms with Gasteiger partial charge >= 0.3 is 0 Å². The Hall–Kier alpha value is -1.06. The molecule has 0 spiro atoms. The fourth-order valence-electron chi connectivity index (χ4n) is 1.89. The van der Waals surface area contributed by atoms with Gasteiger partial charge in [-0.3, -0.25) is 0 Å². The number of ether oxygens (including phenoxy) is 1. The lowest BCUT2D eigenvalue weighted by atomic mass is 10.1. The number of hydrogen-bond donors (Lipinski definition) is 2. The van der Waals surface area contributed by atoms with Crippen molar-refractivity contribution in [3.8, 4) is 5.75 Å². The molecule has 2 unspecified atom stereocenters. The molecule has 1 aromatic carbocycles. The van der Waals surface area contributed by atoms with Gasteiger partial charge in [-0.25, -0.2) is 0 Å². The van der Waals surface area contributed by atoms with Crippen molar-refractivity contribution in [1.82, 2.24) is 5.32 Å². The van der Waals surface area contributed by atoms with Gasteiger partial charge in [0.15, 0.2) is 0 Å². The minimum atomic E-state index is -0.301. The van der Waals surface area contributed by atoms with Crippen LogP contribution in [0.2, 0.25) is 0 Å². The van der Waals surface area contributed by atoms with Gasteiger partial charge in [-0.1, -0.05) is 19.1 Å². The summed E-state index contributed by atoms with van der Waals surface area (Å²) in [5.74, 6) is 0.874. The maximum Gasteiger partial charge on any atom is 0.119 e. The van der Waals surface area contributed by atoms with Gasteiger partial charge in [0.1, 0.15) is 5.75 Å². The molecule has 2 atom stereocenters. The average molecular weight is 265 g/mol. The van der Waals surface area contributed by atoms with E-state index in [4.69, 9.17) is 9.84 Å². The lowest BCUT2D eigenvalue weighted by molar-refractivity contribution is 0.155. The molecule has 19 heavy (non-hydrogen) atoms. The number of benzene rings is 1. The molecule has 3 nitrogen and oxygen atoms in total. The molecule has 0 aliphatic rings. The molecule has 0 fully saturated rings. The molecule has 0 radical (unpaired) electrons. The zero-order chi connectivity index (χ0) is 14.1. The number of aliphatic hydroxyl groups excluding tert-OH is 1. The number of hydrogen-bond acceptors (Lipinski definition) is 3. The van der Waals surface area contributed by atoms with E-state index in [9.17, 15) is 0 Å². The lowest BCUT2D eigenvalue weighted by Gasteiger charge is -2.13. The zero-order valence-corrected chi connectivity index (χ0v) is 12.4. The van der Waals surface area contributed by atoms with Crippen LogP contribution in [-0.4, -0.2) is 30.4 Å². The fraction of sp³-hybridized carbons (Fsp3) is 0.625. The number of nitrogens with one attached hydrogen (secondary N) is 1. The average Bonchev–Trinajstić information content (AvgIpc) is 2.38. The standard InChI is InChI=1S/C16H27NO2/c1-4-10-17-13(2)12-15-5-7-16(8-6-15)19-11-9-14(3)18/h5-8,13-14,17-18H,4,9-12H2,1-3H3. The lowest BCUT2D eigenvalue weighted by Crippen LogP contribution is -2.28. The molecule has 0 saturated heterocycles. The fourth-order valence-corrected chi connectivity index (χ4v) is 1.89. The van der Waals surface area contributed by atoms with Crippen LogP contribution in [0, 0.1) is 0 Å². The molecule has 0 aromatic heterocycles. The van der Waals surface area contributed by atoms with Crippen LogP contribution in [0.4, 0.5) is 0 Å². The van der Waals surface area contributed by atoms with Gasteiger partial charge < -0.3 is 15.2 Å². The van der Waals surface area contributed by atoms with Crippen molar-refractivity contribution < 1.29 is 9.84 Å². The highest BCUT2D eigenvalue weighted by Crippen LogP contribution is 2.14. The van der Waals surface area contributed by atoms with Crippen LogP contribution in [0.5, 0.6) is 5.75 Å². The van der Waals surface area contributed by atoms with Gasteiger partial charge in [-0.2, -0.15) is 0 Å². The summed E-state index contributed by atoms with van der Waals surface area (Å²) in [6.45, 7) is 7.80. The van der Waals surface area contributed by atoms with Gasteiger partial charge in [0.05, 0.1) is 12.7 Å². The van der Waals surface area contributed by atoms with Crippen molar-refractivity contribution in [3.63, 3.8) is 0 Å². The summed E-state index contributed by atoms with van der Waals surface area (Å²) in [6.07, 6.45) is 2.57. The third-order valence-corrected chi connectivity index (χ3v) is 3.01. The van der Waals surface area contributed by atoms with Crippen LogP contribution in [0.25, 0.3) is 0 Å². The van der Waals surface area contributed by atoms with Crippen molar-refractivity contribution in [2.45, 2.75) is 52.2 Å². The SMILES string of the molecule is CCCNC(C)Cc1ccc(OCCC(C)O)cc1. The third-order valence-electron chi connectivity index (χ3n) is 3.01. The highest BCUT2D eigenvalue weighted by molar-refractivity contribution is 5.27. The first-order valence-electron chi connectivity index (χ1n) is 7.25. The maximum atomic E-state index is 9.16. The van der Waals surface area contributed by atoms with Crippen LogP contribution in [0.1, 0.15) is 39.2 Å². The second-order valence-corrected chi connectivity index (χ2v) is 5.19. The van der Waals surface area contributed by atoms with Crippen molar-refractivity contribution >= 4 is 0 Å². The molecule has 1 rings (SSSR count). The van der Waals surface area contributed by atoms with E-state index in [1.807, 2.05) is 12.1 Å². The molecule has 108 valence electrons. The molecule has 0 heterocycles. The van der Waals surface area contributed by atoms with E-state index >= 15 is 0 Å². The minimum Gasteiger partial charge on any atom is -0.493 e. The summed E-state index contributed by atoms with van der Waals surface area (Å²) >= 11 is 0. The Kier molecular flexibility index (Phi) is 7.53. The number of rotatable bonds is 9. The minimum absolute atomic E-state index is 0.301. The van der Waals surface area contributed by atoms with E-state index in [0.29, 0.717) is 19.1 Å². The Labute approximate surface area is 117 Å². The van der Waals surface area contributed by atoms with E-state index in [1.54, 1.807) is 6.92 Å². The summed E-state index contributed by atoms with van der Waals surface area (Å²) in [6, 6.07) is 8.74. The van der Waals surface area contributed by atoms with Crippen molar-refractivity contribution in [3.05, 3.63) is 29.8 Å². The Morgan fingerprint density at radius 2 is 1.89 bits per heavy atom. The van der Waals surface area contributed by atoms with Gasteiger partial charge in [-0.15, -0.1) is 0 Å². The predicted octanol–water partition coefficient (Wildman–Crippen LogP) is 2.77. The Morgan fingerprint density at radius 1 is 1.21 bits per heavy atom. The smallest absolute Gasteiger partial charge is 0.119 e. The van der Waals surface area contributed by atoms with Crippen molar-refractivity contribution in [2.75, 3.05) is 13.2 Å². The van der Waals surface area contributed by atoms with E-state index in [2.05, 4.69) is 31.3 Å². The van der Waals surface area contributed by atoms with Gasteiger partial charge in [0.2, 0.25) is 0 Å². The molecular weight excluding hydrogens is 238 g/mol. The molecule has 1 aromatic rings. The van der Waals surface area contributed by atoms with Crippen molar-refractivity contribution in [1.29, 1.82) is 0 Å². The summed E-state index contributed by atoms with van der Waals surface area (Å²) in [7, 11) is 0. The molecule has 0 aliphatic heterocycles. The molecule has 0 aliphatic carbocycles. The Morgan fingerprint density at radius 3 is 2.47 bits per heavy atom. The van der Waals surface area contributed by atoms with Gasteiger partial charge in [0, 0.05) is 12.5 Å². The molecule has 3 heteroatoms. The zero-order valence-electron chi connectivity index (χ0n) is 12.4.